The van der Waals surface area contributed by atoms with E-state index in [1.54, 1.807) is 4.90 Å². The number of hydrogen-bond acceptors (Lipinski definition) is 3. The lowest BCUT2D eigenvalue weighted by Crippen LogP contribution is -2.31. The molecule has 0 saturated carbocycles. The second-order valence-electron chi connectivity index (χ2n) is 4.26. The average Bonchev–Trinajstić information content (AvgIpc) is 2.81. The molecule has 1 amide bonds. The molecule has 1 aromatic rings. The molecule has 18 heavy (non-hydrogen) atoms. The summed E-state index contributed by atoms with van der Waals surface area (Å²) >= 11 is 0. The normalized spacial score (nSPS) is 16.8. The number of carbonyl (C=O) groups excluding carboxylic acids is 1. The molecule has 0 radical (unpaired) electrons. The zero-order valence-electron chi connectivity index (χ0n) is 9.89. The van der Waals surface area contributed by atoms with Gasteiger partial charge < -0.3 is 10.6 Å². The number of benzene rings is 1. The van der Waals surface area contributed by atoms with Crippen molar-refractivity contribution in [3.05, 3.63) is 24.0 Å². The van der Waals surface area contributed by atoms with Crippen molar-refractivity contribution in [1.82, 2.24) is 4.90 Å². The number of amides is 1. The summed E-state index contributed by atoms with van der Waals surface area (Å²) in [5.41, 5.74) is 5.72. The van der Waals surface area contributed by atoms with Crippen LogP contribution in [0.4, 0.5) is 10.1 Å². The van der Waals surface area contributed by atoms with E-state index in [9.17, 15) is 13.4 Å². The van der Waals surface area contributed by atoms with Crippen LogP contribution in [0.5, 0.6) is 0 Å². The van der Waals surface area contributed by atoms with Crippen LogP contribution in [0.3, 0.4) is 0 Å². The summed E-state index contributed by atoms with van der Waals surface area (Å²) in [5, 5.41) is 0. The molecule has 2 N–H and O–H groups in total. The van der Waals surface area contributed by atoms with E-state index in [1.165, 1.54) is 12.1 Å². The molecule has 6 heteroatoms. The van der Waals surface area contributed by atoms with E-state index in [0.29, 0.717) is 4.90 Å². The highest BCUT2D eigenvalue weighted by Crippen LogP contribution is 2.18. The Hall–Kier alpha value is -1.43. The van der Waals surface area contributed by atoms with Gasteiger partial charge in [0.25, 0.3) is 0 Å². The second-order valence-corrected chi connectivity index (χ2v) is 5.68. The summed E-state index contributed by atoms with van der Waals surface area (Å²) in [7, 11) is -1.51. The lowest BCUT2D eigenvalue weighted by atomic mass is 10.3. The number of nitrogens with two attached hydrogens (primary N) is 1. The number of anilines is 1. The fourth-order valence-electron chi connectivity index (χ4n) is 1.97. The molecule has 1 fully saturated rings. The zero-order chi connectivity index (χ0) is 13.1. The van der Waals surface area contributed by atoms with Gasteiger partial charge >= 0.3 is 0 Å². The van der Waals surface area contributed by atoms with E-state index in [-0.39, 0.29) is 17.3 Å². The molecule has 4 nitrogen and oxygen atoms in total. The van der Waals surface area contributed by atoms with Gasteiger partial charge in [0, 0.05) is 13.1 Å². The number of nitrogens with zero attached hydrogens (tertiary/aromatic N) is 1. The van der Waals surface area contributed by atoms with Crippen LogP contribution in [-0.4, -0.2) is 33.9 Å². The molecule has 0 aromatic heterocycles. The Morgan fingerprint density at radius 1 is 1.39 bits per heavy atom. The minimum absolute atomic E-state index is 0.0875. The van der Waals surface area contributed by atoms with Crippen molar-refractivity contribution in [3.63, 3.8) is 0 Å². The predicted molar refractivity (Wildman–Crippen MR) is 67.9 cm³/mol. The van der Waals surface area contributed by atoms with Crippen LogP contribution in [0.15, 0.2) is 23.1 Å². The number of rotatable bonds is 3. The van der Waals surface area contributed by atoms with Crippen molar-refractivity contribution in [1.29, 1.82) is 0 Å². The third-order valence-corrected chi connectivity index (χ3v) is 4.30. The minimum Gasteiger partial charge on any atom is -0.398 e. The van der Waals surface area contributed by atoms with E-state index in [2.05, 4.69) is 0 Å². The molecule has 0 bridgehead atoms. The molecule has 1 atom stereocenters. The van der Waals surface area contributed by atoms with Crippen molar-refractivity contribution < 1.29 is 13.4 Å². The van der Waals surface area contributed by atoms with Crippen molar-refractivity contribution in [2.75, 3.05) is 24.6 Å². The van der Waals surface area contributed by atoms with E-state index in [1.807, 2.05) is 0 Å². The van der Waals surface area contributed by atoms with Gasteiger partial charge in [-0.15, -0.1) is 0 Å². The predicted octanol–water partition coefficient (Wildman–Crippen LogP) is 1.14. The van der Waals surface area contributed by atoms with E-state index in [0.717, 1.165) is 32.0 Å². The fraction of sp³-hybridized carbons (Fsp3) is 0.417. The number of halogens is 1. The summed E-state index contributed by atoms with van der Waals surface area (Å²) in [6.45, 7) is 1.46. The summed E-state index contributed by atoms with van der Waals surface area (Å²) < 4.78 is 24.9. The number of nitrogen functional groups attached to an aromatic ring is 1. The smallest absolute Gasteiger partial charge is 0.235 e. The van der Waals surface area contributed by atoms with E-state index >= 15 is 0 Å². The first kappa shape index (κ1) is 13.0. The Balaban J connectivity index is 2.05. The van der Waals surface area contributed by atoms with Crippen LogP contribution >= 0.6 is 0 Å². The molecule has 1 saturated heterocycles. The maximum atomic E-state index is 12.9. The summed E-state index contributed by atoms with van der Waals surface area (Å²) in [6, 6.07) is 3.69. The summed E-state index contributed by atoms with van der Waals surface area (Å²) in [6.07, 6.45) is 1.99. The molecule has 1 aliphatic rings. The van der Waals surface area contributed by atoms with Gasteiger partial charge in [-0.1, -0.05) is 0 Å². The number of carbonyl (C=O) groups is 1. The van der Waals surface area contributed by atoms with Crippen LogP contribution in [0.1, 0.15) is 12.8 Å². The van der Waals surface area contributed by atoms with Crippen LogP contribution in [0.2, 0.25) is 0 Å². The van der Waals surface area contributed by atoms with Gasteiger partial charge in [-0.2, -0.15) is 0 Å². The highest BCUT2D eigenvalue weighted by Gasteiger charge is 2.21. The summed E-state index contributed by atoms with van der Waals surface area (Å²) in [4.78, 5) is 13.9. The molecular formula is C12H15FN2O2S. The largest absolute Gasteiger partial charge is 0.398 e. The third-order valence-electron chi connectivity index (χ3n) is 2.93. The molecule has 1 heterocycles. The summed E-state index contributed by atoms with van der Waals surface area (Å²) in [5.74, 6) is -0.691. The first-order chi connectivity index (χ1) is 8.58. The third kappa shape index (κ3) is 2.87. The first-order valence-electron chi connectivity index (χ1n) is 5.79. The number of hydrogen-bond donors (Lipinski definition) is 1. The number of likely N-dealkylation sites (tertiary alicyclic amines) is 1. The Labute approximate surface area is 107 Å². The Morgan fingerprint density at radius 3 is 2.67 bits per heavy atom. The standard InChI is InChI=1S/C12H15FN2O2S/c13-9-3-4-11(10(14)7-9)18(17)8-12(16)15-5-1-2-6-15/h3-4,7H,1-2,5-6,8,14H2. The molecule has 1 unspecified atom stereocenters. The fourth-order valence-corrected chi connectivity index (χ4v) is 3.08. The van der Waals surface area contributed by atoms with Crippen molar-refractivity contribution in [2.24, 2.45) is 0 Å². The van der Waals surface area contributed by atoms with Gasteiger partial charge in [0.2, 0.25) is 5.91 Å². The van der Waals surface area contributed by atoms with Crippen molar-refractivity contribution >= 4 is 22.4 Å². The van der Waals surface area contributed by atoms with Gasteiger partial charge in [-0.25, -0.2) is 4.39 Å². The van der Waals surface area contributed by atoms with E-state index < -0.39 is 16.6 Å². The Morgan fingerprint density at radius 2 is 2.06 bits per heavy atom. The highest BCUT2D eigenvalue weighted by atomic mass is 32.2. The van der Waals surface area contributed by atoms with Gasteiger partial charge in [0.05, 0.1) is 21.4 Å². The minimum atomic E-state index is -1.51. The molecule has 2 rings (SSSR count). The molecule has 1 aromatic carbocycles. The highest BCUT2D eigenvalue weighted by molar-refractivity contribution is 7.86. The van der Waals surface area contributed by atoms with Gasteiger partial charge in [0.1, 0.15) is 11.6 Å². The van der Waals surface area contributed by atoms with Gasteiger partial charge in [-0.05, 0) is 31.0 Å². The lowest BCUT2D eigenvalue weighted by Gasteiger charge is -2.15. The SMILES string of the molecule is Nc1cc(F)ccc1S(=O)CC(=O)N1CCCC1. The Bertz CT molecular complexity index is 487. The van der Waals surface area contributed by atoms with Gasteiger partial charge in [0.15, 0.2) is 0 Å². The van der Waals surface area contributed by atoms with Crippen LogP contribution in [0.25, 0.3) is 0 Å². The van der Waals surface area contributed by atoms with Crippen molar-refractivity contribution in [2.45, 2.75) is 17.7 Å². The lowest BCUT2D eigenvalue weighted by molar-refractivity contribution is -0.127. The second kappa shape index (κ2) is 5.48. The maximum Gasteiger partial charge on any atom is 0.235 e. The maximum absolute atomic E-state index is 12.9. The van der Waals surface area contributed by atoms with Crippen LogP contribution in [-0.2, 0) is 15.6 Å². The molecular weight excluding hydrogens is 255 g/mol. The zero-order valence-corrected chi connectivity index (χ0v) is 10.7. The molecule has 1 aliphatic heterocycles. The molecule has 0 spiro atoms. The Kier molecular flexibility index (Phi) is 3.96. The van der Waals surface area contributed by atoms with Crippen LogP contribution in [0, 0.1) is 5.82 Å². The monoisotopic (exact) mass is 270 g/mol. The quantitative estimate of drug-likeness (QED) is 0.838. The topological polar surface area (TPSA) is 63.4 Å². The molecule has 98 valence electrons. The first-order valence-corrected chi connectivity index (χ1v) is 7.11. The average molecular weight is 270 g/mol. The van der Waals surface area contributed by atoms with Crippen molar-refractivity contribution in [3.8, 4) is 0 Å². The van der Waals surface area contributed by atoms with E-state index in [4.69, 9.17) is 5.73 Å². The van der Waals surface area contributed by atoms with Crippen LogP contribution < -0.4 is 5.73 Å². The molecule has 0 aliphatic carbocycles. The van der Waals surface area contributed by atoms with Gasteiger partial charge in [-0.3, -0.25) is 9.00 Å².